The summed E-state index contributed by atoms with van der Waals surface area (Å²) in [5.74, 6) is -0.381. The third-order valence-corrected chi connectivity index (χ3v) is 3.50. The number of ketones is 1. The molecule has 3 heteroatoms. The lowest BCUT2D eigenvalue weighted by atomic mass is 9.76. The van der Waals surface area contributed by atoms with Gasteiger partial charge in [-0.1, -0.05) is 32.9 Å². The molecular formula is C13H15NO2. The number of hydrogen-bond donors (Lipinski definition) is 1. The molecule has 3 nitrogen and oxygen atoms in total. The van der Waals surface area contributed by atoms with Crippen LogP contribution >= 0.6 is 0 Å². The molecule has 1 amide bonds. The molecule has 0 saturated carbocycles. The average molecular weight is 217 g/mol. The Balaban J connectivity index is 2.59. The summed E-state index contributed by atoms with van der Waals surface area (Å²) >= 11 is 0. The standard InChI is InChI=1S/C13H15NO2/c1-8-11(15)9-6-4-5-7-10(9)14-12(16)13(8,2)3/h4-8H,1-3H3,(H,14,16). The van der Waals surface area contributed by atoms with Gasteiger partial charge in [0.2, 0.25) is 5.91 Å². The van der Waals surface area contributed by atoms with Crippen molar-refractivity contribution in [3.05, 3.63) is 29.8 Å². The van der Waals surface area contributed by atoms with Gasteiger partial charge < -0.3 is 5.32 Å². The second kappa shape index (κ2) is 3.44. The first-order valence-electron chi connectivity index (χ1n) is 5.39. The van der Waals surface area contributed by atoms with Crippen molar-refractivity contribution in [1.82, 2.24) is 0 Å². The molecule has 0 radical (unpaired) electrons. The van der Waals surface area contributed by atoms with Gasteiger partial charge in [-0.2, -0.15) is 0 Å². The predicted octanol–water partition coefficient (Wildman–Crippen LogP) is 2.48. The first-order chi connectivity index (χ1) is 7.44. The van der Waals surface area contributed by atoms with E-state index in [1.165, 1.54) is 0 Å². The van der Waals surface area contributed by atoms with Crippen LogP contribution in [-0.2, 0) is 4.79 Å². The van der Waals surface area contributed by atoms with Crippen LogP contribution in [0.3, 0.4) is 0 Å². The van der Waals surface area contributed by atoms with Crippen molar-refractivity contribution in [3.63, 3.8) is 0 Å². The minimum Gasteiger partial charge on any atom is -0.325 e. The number of fused-ring (bicyclic) bond motifs is 1. The van der Waals surface area contributed by atoms with E-state index in [9.17, 15) is 9.59 Å². The molecule has 84 valence electrons. The van der Waals surface area contributed by atoms with Crippen molar-refractivity contribution in [2.24, 2.45) is 11.3 Å². The van der Waals surface area contributed by atoms with E-state index >= 15 is 0 Å². The van der Waals surface area contributed by atoms with Gasteiger partial charge in [-0.15, -0.1) is 0 Å². The molecule has 1 heterocycles. The first kappa shape index (κ1) is 10.9. The molecule has 1 unspecified atom stereocenters. The maximum Gasteiger partial charge on any atom is 0.230 e. The van der Waals surface area contributed by atoms with Crippen LogP contribution in [0.15, 0.2) is 24.3 Å². The highest BCUT2D eigenvalue weighted by Crippen LogP contribution is 2.35. The summed E-state index contributed by atoms with van der Waals surface area (Å²) in [5.41, 5.74) is 0.555. The van der Waals surface area contributed by atoms with Crippen LogP contribution in [-0.4, -0.2) is 11.7 Å². The molecular weight excluding hydrogens is 202 g/mol. The number of carbonyl (C=O) groups is 2. The summed E-state index contributed by atoms with van der Waals surface area (Å²) in [5, 5.41) is 2.81. The molecule has 1 N–H and O–H groups in total. The number of anilines is 1. The molecule has 1 aliphatic rings. The molecule has 1 aromatic rings. The summed E-state index contributed by atoms with van der Waals surface area (Å²) in [6.07, 6.45) is 0. The van der Waals surface area contributed by atoms with Crippen molar-refractivity contribution in [2.75, 3.05) is 5.32 Å². The lowest BCUT2D eigenvalue weighted by molar-refractivity contribution is -0.125. The summed E-state index contributed by atoms with van der Waals surface area (Å²) < 4.78 is 0. The van der Waals surface area contributed by atoms with Gasteiger partial charge in [0.1, 0.15) is 0 Å². The van der Waals surface area contributed by atoms with E-state index < -0.39 is 5.41 Å². The quantitative estimate of drug-likeness (QED) is 0.725. The molecule has 0 spiro atoms. The molecule has 0 saturated heterocycles. The van der Waals surface area contributed by atoms with Crippen LogP contribution in [0.4, 0.5) is 5.69 Å². The third kappa shape index (κ3) is 1.43. The fourth-order valence-electron chi connectivity index (χ4n) is 1.85. The van der Waals surface area contributed by atoms with Crippen LogP contribution in [0.25, 0.3) is 0 Å². The number of Topliss-reactive ketones (excluding diaryl/α,β-unsaturated/α-hetero) is 1. The van der Waals surface area contributed by atoms with Crippen LogP contribution in [0.2, 0.25) is 0 Å². The van der Waals surface area contributed by atoms with Gasteiger partial charge in [0.15, 0.2) is 5.78 Å². The number of carbonyl (C=O) groups excluding carboxylic acids is 2. The molecule has 0 aliphatic carbocycles. The topological polar surface area (TPSA) is 46.2 Å². The van der Waals surface area contributed by atoms with Crippen LogP contribution < -0.4 is 5.32 Å². The number of amides is 1. The first-order valence-corrected chi connectivity index (χ1v) is 5.39. The average Bonchev–Trinajstić information content (AvgIpc) is 2.32. The largest absolute Gasteiger partial charge is 0.325 e. The molecule has 0 aromatic heterocycles. The zero-order valence-corrected chi connectivity index (χ0v) is 9.70. The maximum absolute atomic E-state index is 12.2. The highest BCUT2D eigenvalue weighted by molar-refractivity contribution is 6.12. The number of para-hydroxylation sites is 1. The smallest absolute Gasteiger partial charge is 0.230 e. The zero-order valence-electron chi connectivity index (χ0n) is 9.70. The Labute approximate surface area is 94.9 Å². The van der Waals surface area contributed by atoms with Gasteiger partial charge >= 0.3 is 0 Å². The van der Waals surface area contributed by atoms with E-state index in [1.807, 2.05) is 19.1 Å². The number of nitrogens with one attached hydrogen (secondary N) is 1. The molecule has 1 atom stereocenters. The van der Waals surface area contributed by atoms with Gasteiger partial charge in [0.05, 0.1) is 11.1 Å². The van der Waals surface area contributed by atoms with Crippen molar-refractivity contribution in [3.8, 4) is 0 Å². The molecule has 0 fully saturated rings. The lowest BCUT2D eigenvalue weighted by Crippen LogP contribution is -2.37. The minimum absolute atomic E-state index is 0.0268. The highest BCUT2D eigenvalue weighted by atomic mass is 16.2. The Kier molecular flexibility index (Phi) is 2.34. The Bertz CT molecular complexity index is 463. The molecule has 0 bridgehead atoms. The second-order valence-electron chi connectivity index (χ2n) is 4.81. The Morgan fingerprint density at radius 1 is 1.19 bits per heavy atom. The zero-order chi connectivity index (χ0) is 11.9. The summed E-state index contributed by atoms with van der Waals surface area (Å²) in [6.45, 7) is 5.41. The van der Waals surface area contributed by atoms with E-state index in [2.05, 4.69) is 5.32 Å². The Hall–Kier alpha value is -1.64. The van der Waals surface area contributed by atoms with E-state index in [0.29, 0.717) is 11.3 Å². The normalized spacial score (nSPS) is 23.3. The summed E-state index contributed by atoms with van der Waals surface area (Å²) in [6, 6.07) is 7.15. The van der Waals surface area contributed by atoms with Crippen LogP contribution in [0.1, 0.15) is 31.1 Å². The maximum atomic E-state index is 12.2. The van der Waals surface area contributed by atoms with Gasteiger partial charge in [0.25, 0.3) is 0 Å². The van der Waals surface area contributed by atoms with Gasteiger partial charge in [0, 0.05) is 11.5 Å². The van der Waals surface area contributed by atoms with E-state index in [0.717, 1.165) is 0 Å². The van der Waals surface area contributed by atoms with Crippen LogP contribution in [0, 0.1) is 11.3 Å². The molecule has 16 heavy (non-hydrogen) atoms. The predicted molar refractivity (Wildman–Crippen MR) is 62.3 cm³/mol. The Morgan fingerprint density at radius 2 is 1.81 bits per heavy atom. The van der Waals surface area contributed by atoms with Gasteiger partial charge in [-0.25, -0.2) is 0 Å². The minimum atomic E-state index is -0.671. The number of rotatable bonds is 0. The fourth-order valence-corrected chi connectivity index (χ4v) is 1.85. The van der Waals surface area contributed by atoms with Gasteiger partial charge in [-0.3, -0.25) is 9.59 Å². The van der Waals surface area contributed by atoms with Crippen LogP contribution in [0.5, 0.6) is 0 Å². The molecule has 1 aromatic carbocycles. The summed E-state index contributed by atoms with van der Waals surface area (Å²) in [4.78, 5) is 24.2. The van der Waals surface area contributed by atoms with E-state index in [1.54, 1.807) is 26.0 Å². The molecule has 2 rings (SSSR count). The van der Waals surface area contributed by atoms with Crippen molar-refractivity contribution in [2.45, 2.75) is 20.8 Å². The van der Waals surface area contributed by atoms with E-state index in [4.69, 9.17) is 0 Å². The third-order valence-electron chi connectivity index (χ3n) is 3.50. The summed E-state index contributed by atoms with van der Waals surface area (Å²) in [7, 11) is 0. The lowest BCUT2D eigenvalue weighted by Gasteiger charge is -2.26. The van der Waals surface area contributed by atoms with Crippen molar-refractivity contribution >= 4 is 17.4 Å². The number of benzene rings is 1. The second-order valence-corrected chi connectivity index (χ2v) is 4.81. The van der Waals surface area contributed by atoms with Crippen molar-refractivity contribution in [1.29, 1.82) is 0 Å². The Morgan fingerprint density at radius 3 is 2.50 bits per heavy atom. The highest BCUT2D eigenvalue weighted by Gasteiger charge is 2.41. The monoisotopic (exact) mass is 217 g/mol. The SMILES string of the molecule is CC1C(=O)c2ccccc2NC(=O)C1(C)C. The molecule has 1 aliphatic heterocycles. The van der Waals surface area contributed by atoms with Crippen molar-refractivity contribution < 1.29 is 9.59 Å². The fraction of sp³-hybridized carbons (Fsp3) is 0.385. The van der Waals surface area contributed by atoms with Gasteiger partial charge in [-0.05, 0) is 12.1 Å². The van der Waals surface area contributed by atoms with E-state index in [-0.39, 0.29) is 17.6 Å². The number of hydrogen-bond acceptors (Lipinski definition) is 2.